The van der Waals surface area contributed by atoms with Gasteiger partial charge in [0.15, 0.2) is 0 Å². The highest BCUT2D eigenvalue weighted by molar-refractivity contribution is 7.89. The van der Waals surface area contributed by atoms with Crippen molar-refractivity contribution in [3.8, 4) is 0 Å². The van der Waals surface area contributed by atoms with E-state index in [-0.39, 0.29) is 10.8 Å². The number of aromatic nitrogens is 1. The van der Waals surface area contributed by atoms with Gasteiger partial charge in [-0.2, -0.15) is 0 Å². The van der Waals surface area contributed by atoms with E-state index in [1.807, 2.05) is 31.1 Å². The van der Waals surface area contributed by atoms with Crippen molar-refractivity contribution in [2.45, 2.75) is 11.4 Å². The quantitative estimate of drug-likeness (QED) is 0.812. The Morgan fingerprint density at radius 1 is 1.17 bits per heavy atom. The zero-order valence-electron chi connectivity index (χ0n) is 13.8. The van der Waals surface area contributed by atoms with Crippen LogP contribution in [0.2, 0.25) is 0 Å². The third-order valence-electron chi connectivity index (χ3n) is 3.42. The number of sulfonamides is 1. The van der Waals surface area contributed by atoms with Crippen molar-refractivity contribution in [3.05, 3.63) is 53.7 Å². The van der Waals surface area contributed by atoms with Gasteiger partial charge in [0, 0.05) is 32.4 Å². The van der Waals surface area contributed by atoms with E-state index >= 15 is 0 Å². The van der Waals surface area contributed by atoms with Crippen molar-refractivity contribution in [3.63, 3.8) is 0 Å². The highest BCUT2D eigenvalue weighted by atomic mass is 32.2. The largest absolute Gasteiger partial charge is 0.363 e. The molecule has 24 heavy (non-hydrogen) atoms. The van der Waals surface area contributed by atoms with Gasteiger partial charge in [0.25, 0.3) is 5.91 Å². The van der Waals surface area contributed by atoms with Gasteiger partial charge in [-0.3, -0.25) is 4.79 Å². The molecule has 0 bridgehead atoms. The summed E-state index contributed by atoms with van der Waals surface area (Å²) in [4.78, 5) is 18.4. The first-order valence-corrected chi connectivity index (χ1v) is 8.76. The maximum atomic E-state index is 12.2. The van der Waals surface area contributed by atoms with Crippen LogP contribution >= 0.6 is 0 Å². The van der Waals surface area contributed by atoms with Crippen molar-refractivity contribution in [1.29, 1.82) is 0 Å². The molecule has 1 heterocycles. The van der Waals surface area contributed by atoms with Crippen LogP contribution in [0.4, 0.5) is 5.82 Å². The van der Waals surface area contributed by atoms with E-state index in [0.717, 1.165) is 11.4 Å². The summed E-state index contributed by atoms with van der Waals surface area (Å²) in [6, 6.07) is 9.49. The Kier molecular flexibility index (Phi) is 5.53. The molecule has 0 saturated heterocycles. The molecule has 0 radical (unpaired) electrons. The number of anilines is 1. The van der Waals surface area contributed by atoms with Crippen molar-refractivity contribution < 1.29 is 13.2 Å². The Balaban J connectivity index is 2.04. The van der Waals surface area contributed by atoms with Crippen molar-refractivity contribution in [1.82, 2.24) is 15.0 Å². The molecule has 128 valence electrons. The van der Waals surface area contributed by atoms with Gasteiger partial charge in [-0.15, -0.1) is 0 Å². The minimum atomic E-state index is -3.50. The Labute approximate surface area is 141 Å². The van der Waals surface area contributed by atoms with Gasteiger partial charge in [-0.1, -0.05) is 0 Å². The molecular weight excluding hydrogens is 328 g/mol. The zero-order valence-corrected chi connectivity index (χ0v) is 14.6. The van der Waals surface area contributed by atoms with E-state index in [0.29, 0.717) is 12.1 Å². The Hall–Kier alpha value is -2.45. The first-order valence-electron chi connectivity index (χ1n) is 7.27. The van der Waals surface area contributed by atoms with Gasteiger partial charge in [0.05, 0.1) is 4.90 Å². The second kappa shape index (κ2) is 7.41. The van der Waals surface area contributed by atoms with E-state index in [1.54, 1.807) is 6.20 Å². The predicted molar refractivity (Wildman–Crippen MR) is 92.4 cm³/mol. The number of amides is 1. The molecule has 7 nitrogen and oxygen atoms in total. The van der Waals surface area contributed by atoms with Crippen LogP contribution in [0.15, 0.2) is 47.5 Å². The molecule has 0 saturated carbocycles. The van der Waals surface area contributed by atoms with Crippen molar-refractivity contribution >= 4 is 21.7 Å². The Morgan fingerprint density at radius 2 is 1.83 bits per heavy atom. The number of nitrogens with zero attached hydrogens (tertiary/aromatic N) is 2. The molecule has 8 heteroatoms. The topological polar surface area (TPSA) is 91.4 Å². The fourth-order valence-corrected chi connectivity index (χ4v) is 2.73. The van der Waals surface area contributed by atoms with Crippen LogP contribution in [0, 0.1) is 0 Å². The SMILES string of the molecule is CNS(=O)(=O)c1ccc(C(=O)NCc2ccnc(N(C)C)c2)cc1. The molecule has 1 aromatic heterocycles. The fraction of sp³-hybridized carbons (Fsp3) is 0.250. The summed E-state index contributed by atoms with van der Waals surface area (Å²) < 4.78 is 25.5. The summed E-state index contributed by atoms with van der Waals surface area (Å²) in [5.74, 6) is 0.537. The number of carbonyl (C=O) groups excluding carboxylic acids is 1. The first kappa shape index (κ1) is 17.9. The summed E-state index contributed by atoms with van der Waals surface area (Å²) in [5, 5.41) is 2.80. The molecule has 2 aromatic rings. The third kappa shape index (κ3) is 4.30. The number of rotatable bonds is 6. The van der Waals surface area contributed by atoms with Crippen LogP contribution in [-0.4, -0.2) is 40.5 Å². The van der Waals surface area contributed by atoms with Gasteiger partial charge in [-0.05, 0) is 49.0 Å². The summed E-state index contributed by atoms with van der Waals surface area (Å²) in [7, 11) is 1.63. The number of pyridine rings is 1. The number of benzene rings is 1. The average Bonchev–Trinajstić information content (AvgIpc) is 2.60. The maximum absolute atomic E-state index is 12.2. The van der Waals surface area contributed by atoms with Crippen molar-refractivity contribution in [2.24, 2.45) is 0 Å². The maximum Gasteiger partial charge on any atom is 0.251 e. The lowest BCUT2D eigenvalue weighted by molar-refractivity contribution is 0.0951. The molecule has 2 N–H and O–H groups in total. The minimum absolute atomic E-state index is 0.117. The molecule has 2 rings (SSSR count). The third-order valence-corrected chi connectivity index (χ3v) is 4.85. The summed E-state index contributed by atoms with van der Waals surface area (Å²) in [6.45, 7) is 0.360. The lowest BCUT2D eigenvalue weighted by Gasteiger charge is -2.12. The Morgan fingerprint density at radius 3 is 2.42 bits per heavy atom. The van der Waals surface area contributed by atoms with Crippen LogP contribution < -0.4 is 14.9 Å². The van der Waals surface area contributed by atoms with E-state index in [4.69, 9.17) is 0 Å². The lowest BCUT2D eigenvalue weighted by Crippen LogP contribution is -2.23. The van der Waals surface area contributed by atoms with Crippen LogP contribution in [0.5, 0.6) is 0 Å². The summed E-state index contributed by atoms with van der Waals surface area (Å²) in [6.07, 6.45) is 1.69. The molecule has 0 aliphatic carbocycles. The smallest absolute Gasteiger partial charge is 0.251 e. The average molecular weight is 348 g/mol. The van der Waals surface area contributed by atoms with Crippen LogP contribution in [0.3, 0.4) is 0 Å². The number of carbonyl (C=O) groups is 1. The molecule has 0 aliphatic heterocycles. The van der Waals surface area contributed by atoms with Crippen LogP contribution in [0.25, 0.3) is 0 Å². The Bertz CT molecular complexity index is 817. The number of hydrogen-bond acceptors (Lipinski definition) is 5. The normalized spacial score (nSPS) is 11.1. The van der Waals surface area contributed by atoms with Gasteiger partial charge >= 0.3 is 0 Å². The van der Waals surface area contributed by atoms with E-state index in [9.17, 15) is 13.2 Å². The lowest BCUT2D eigenvalue weighted by atomic mass is 10.2. The van der Waals surface area contributed by atoms with E-state index in [1.165, 1.54) is 31.3 Å². The predicted octanol–water partition coefficient (Wildman–Crippen LogP) is 0.986. The number of hydrogen-bond donors (Lipinski definition) is 2. The first-order chi connectivity index (χ1) is 11.3. The highest BCUT2D eigenvalue weighted by Gasteiger charge is 2.12. The molecule has 0 fully saturated rings. The molecule has 0 spiro atoms. The molecule has 0 aliphatic rings. The van der Waals surface area contributed by atoms with Gasteiger partial charge in [-0.25, -0.2) is 18.1 Å². The molecular formula is C16H20N4O3S. The van der Waals surface area contributed by atoms with Gasteiger partial charge < -0.3 is 10.2 Å². The fourth-order valence-electron chi connectivity index (χ4n) is 2.00. The van der Waals surface area contributed by atoms with Crippen LogP contribution in [-0.2, 0) is 16.6 Å². The number of nitrogens with one attached hydrogen (secondary N) is 2. The molecule has 1 amide bonds. The summed E-state index contributed by atoms with van der Waals surface area (Å²) >= 11 is 0. The van der Waals surface area contributed by atoms with Crippen molar-refractivity contribution in [2.75, 3.05) is 26.0 Å². The second-order valence-corrected chi connectivity index (χ2v) is 7.22. The van der Waals surface area contributed by atoms with E-state index in [2.05, 4.69) is 15.0 Å². The molecule has 0 unspecified atom stereocenters. The monoisotopic (exact) mass is 348 g/mol. The standard InChI is InChI=1S/C16H20N4O3S/c1-17-24(22,23)14-6-4-13(5-7-14)16(21)19-11-12-8-9-18-15(10-12)20(2)3/h4-10,17H,11H2,1-3H3,(H,19,21). The second-order valence-electron chi connectivity index (χ2n) is 5.33. The molecule has 0 atom stereocenters. The van der Waals surface area contributed by atoms with E-state index < -0.39 is 10.0 Å². The highest BCUT2D eigenvalue weighted by Crippen LogP contribution is 2.11. The van der Waals surface area contributed by atoms with Gasteiger partial charge in [0.1, 0.15) is 5.82 Å². The van der Waals surface area contributed by atoms with Gasteiger partial charge in [0.2, 0.25) is 10.0 Å². The molecule has 1 aromatic carbocycles. The van der Waals surface area contributed by atoms with Crippen LogP contribution in [0.1, 0.15) is 15.9 Å². The minimum Gasteiger partial charge on any atom is -0.363 e. The summed E-state index contributed by atoms with van der Waals surface area (Å²) in [5.41, 5.74) is 1.32. The zero-order chi connectivity index (χ0) is 17.7.